The van der Waals surface area contributed by atoms with E-state index in [-0.39, 0.29) is 17.2 Å². The molecule has 7 heteroatoms. The fraction of sp³-hybridized carbons (Fsp3) is 0.529. The number of aryl methyl sites for hydroxylation is 1. The highest BCUT2D eigenvalue weighted by Crippen LogP contribution is 2.45. The molecule has 0 radical (unpaired) electrons. The van der Waals surface area contributed by atoms with Crippen LogP contribution >= 0.6 is 11.6 Å². The second-order valence-electron chi connectivity index (χ2n) is 6.25. The number of hydrogen-bond donors (Lipinski definition) is 1. The maximum absolute atomic E-state index is 12.5. The van der Waals surface area contributed by atoms with Crippen LogP contribution in [0.1, 0.15) is 25.0 Å². The highest BCUT2D eigenvalue weighted by molar-refractivity contribution is 6.21. The minimum Gasteiger partial charge on any atom is -0.501 e. The number of rotatable bonds is 5. The van der Waals surface area contributed by atoms with Crippen molar-refractivity contribution in [3.05, 3.63) is 35.6 Å². The number of halogens is 4. The zero-order valence-corrected chi connectivity index (χ0v) is 14.8. The van der Waals surface area contributed by atoms with Crippen LogP contribution in [0, 0.1) is 12.3 Å². The van der Waals surface area contributed by atoms with Gasteiger partial charge in [-0.3, -0.25) is 0 Å². The van der Waals surface area contributed by atoms with E-state index >= 15 is 0 Å². The number of anilines is 1. The van der Waals surface area contributed by atoms with Gasteiger partial charge in [0.05, 0.1) is 18.3 Å². The first-order valence-electron chi connectivity index (χ1n) is 7.52. The van der Waals surface area contributed by atoms with Gasteiger partial charge in [-0.2, -0.15) is 0 Å². The molecular weight excluding hydrogens is 343 g/mol. The summed E-state index contributed by atoms with van der Waals surface area (Å²) in [6.45, 7) is 9.46. The Morgan fingerprint density at radius 2 is 2.04 bits per heavy atom. The van der Waals surface area contributed by atoms with Crippen LogP contribution in [0.15, 0.2) is 24.5 Å². The monoisotopic (exact) mass is 363 g/mol. The van der Waals surface area contributed by atoms with Gasteiger partial charge in [0.1, 0.15) is 5.75 Å². The van der Waals surface area contributed by atoms with Crippen molar-refractivity contribution < 1.29 is 22.6 Å². The van der Waals surface area contributed by atoms with E-state index in [1.165, 1.54) is 19.2 Å². The Kier molecular flexibility index (Phi) is 5.00. The lowest BCUT2D eigenvalue weighted by atomic mass is 9.76. The van der Waals surface area contributed by atoms with Crippen LogP contribution in [0.2, 0.25) is 0 Å². The van der Waals surface area contributed by atoms with Crippen molar-refractivity contribution in [2.24, 2.45) is 5.41 Å². The van der Waals surface area contributed by atoms with Crippen molar-refractivity contribution in [1.82, 2.24) is 0 Å². The SMILES string of the molecule is C=C(OC)[C@@](C)(C1Cc2cc(OC(F)(F)F)cc(C)c2N1)[C@@H](C)Cl. The molecule has 0 saturated heterocycles. The van der Waals surface area contributed by atoms with Crippen LogP contribution in [0.4, 0.5) is 18.9 Å². The molecular formula is C17H21ClF3NO2. The van der Waals surface area contributed by atoms with Crippen LogP contribution in [-0.2, 0) is 11.2 Å². The molecule has 3 nitrogen and oxygen atoms in total. The molecule has 0 spiro atoms. The first-order chi connectivity index (χ1) is 11.0. The van der Waals surface area contributed by atoms with Gasteiger partial charge in [-0.15, -0.1) is 24.8 Å². The average molecular weight is 364 g/mol. The maximum Gasteiger partial charge on any atom is 0.573 e. The topological polar surface area (TPSA) is 30.5 Å². The van der Waals surface area contributed by atoms with Gasteiger partial charge in [0.2, 0.25) is 0 Å². The zero-order chi connectivity index (χ0) is 18.3. The molecule has 1 heterocycles. The predicted octanol–water partition coefficient (Wildman–Crippen LogP) is 5.02. The summed E-state index contributed by atoms with van der Waals surface area (Å²) in [7, 11) is 1.53. The van der Waals surface area contributed by atoms with Gasteiger partial charge in [0.15, 0.2) is 0 Å². The van der Waals surface area contributed by atoms with Gasteiger partial charge in [0, 0.05) is 17.1 Å². The van der Waals surface area contributed by atoms with E-state index in [1.54, 1.807) is 6.92 Å². The second kappa shape index (κ2) is 6.39. The molecule has 24 heavy (non-hydrogen) atoms. The van der Waals surface area contributed by atoms with Crippen LogP contribution < -0.4 is 10.1 Å². The standard InChI is InChI=1S/C17H21ClF3NO2/c1-9-6-13(24-17(19,20)21)7-12-8-14(22-15(9)12)16(4,10(2)18)11(3)23-5/h6-7,10,14,22H,3,8H2,1-2,4-5H3/t10-,14?,16+/m1/s1. The van der Waals surface area contributed by atoms with Crippen molar-refractivity contribution in [2.45, 2.75) is 45.0 Å². The van der Waals surface area contributed by atoms with E-state index in [9.17, 15) is 13.2 Å². The molecule has 0 amide bonds. The molecule has 1 aliphatic heterocycles. The third kappa shape index (κ3) is 3.43. The van der Waals surface area contributed by atoms with Gasteiger partial charge < -0.3 is 14.8 Å². The molecule has 0 aromatic heterocycles. The van der Waals surface area contributed by atoms with Gasteiger partial charge in [-0.25, -0.2) is 0 Å². The smallest absolute Gasteiger partial charge is 0.501 e. The van der Waals surface area contributed by atoms with E-state index in [1.807, 2.05) is 13.8 Å². The Morgan fingerprint density at radius 1 is 1.42 bits per heavy atom. The summed E-state index contributed by atoms with van der Waals surface area (Å²) in [6.07, 6.45) is -4.21. The fourth-order valence-corrected chi connectivity index (χ4v) is 3.38. The molecule has 0 bridgehead atoms. The minimum absolute atomic E-state index is 0.146. The first kappa shape index (κ1) is 18.8. The first-order valence-corrected chi connectivity index (χ1v) is 7.96. The van der Waals surface area contributed by atoms with E-state index < -0.39 is 11.8 Å². The molecule has 134 valence electrons. The van der Waals surface area contributed by atoms with E-state index in [0.29, 0.717) is 17.7 Å². The fourth-order valence-electron chi connectivity index (χ4n) is 3.10. The predicted molar refractivity (Wildman–Crippen MR) is 88.5 cm³/mol. The van der Waals surface area contributed by atoms with Gasteiger partial charge in [0.25, 0.3) is 0 Å². The van der Waals surface area contributed by atoms with Crippen molar-refractivity contribution in [2.75, 3.05) is 12.4 Å². The zero-order valence-electron chi connectivity index (χ0n) is 14.1. The number of fused-ring (bicyclic) bond motifs is 1. The molecule has 0 fully saturated rings. The third-order valence-corrected chi connectivity index (χ3v) is 5.22. The Balaban J connectivity index is 2.35. The quantitative estimate of drug-likeness (QED) is 0.588. The Bertz CT molecular complexity index is 645. The maximum atomic E-state index is 12.5. The van der Waals surface area contributed by atoms with Crippen molar-refractivity contribution in [3.8, 4) is 5.75 Å². The summed E-state index contributed by atoms with van der Waals surface area (Å²) in [5.74, 6) is 0.312. The highest BCUT2D eigenvalue weighted by Gasteiger charge is 2.45. The van der Waals surface area contributed by atoms with Crippen molar-refractivity contribution >= 4 is 17.3 Å². The molecule has 3 atom stereocenters. The average Bonchev–Trinajstić information content (AvgIpc) is 2.88. The molecule has 1 aromatic rings. The lowest BCUT2D eigenvalue weighted by molar-refractivity contribution is -0.274. The summed E-state index contributed by atoms with van der Waals surface area (Å²) in [6, 6.07) is 2.64. The van der Waals surface area contributed by atoms with Gasteiger partial charge in [-0.05, 0) is 50.5 Å². The molecule has 0 aliphatic carbocycles. The number of nitrogens with one attached hydrogen (secondary N) is 1. The summed E-state index contributed by atoms with van der Waals surface area (Å²) < 4.78 is 46.8. The number of alkyl halides is 4. The lowest BCUT2D eigenvalue weighted by Gasteiger charge is -2.39. The van der Waals surface area contributed by atoms with Crippen LogP contribution in [0.25, 0.3) is 0 Å². The molecule has 1 unspecified atom stereocenters. The van der Waals surface area contributed by atoms with Crippen LogP contribution in [0.3, 0.4) is 0 Å². The highest BCUT2D eigenvalue weighted by atomic mass is 35.5. The van der Waals surface area contributed by atoms with Crippen LogP contribution in [0.5, 0.6) is 5.75 Å². The molecule has 1 aliphatic rings. The van der Waals surface area contributed by atoms with Gasteiger partial charge >= 0.3 is 6.36 Å². The second-order valence-corrected chi connectivity index (χ2v) is 6.90. The normalized spacial score (nSPS) is 20.6. The summed E-state index contributed by atoms with van der Waals surface area (Å²) in [4.78, 5) is 0. The van der Waals surface area contributed by atoms with Gasteiger partial charge in [-0.1, -0.05) is 6.58 Å². The van der Waals surface area contributed by atoms with Crippen LogP contribution in [-0.4, -0.2) is 24.9 Å². The Labute approximate surface area is 144 Å². The number of ether oxygens (including phenoxy) is 2. The Hall–Kier alpha value is -1.56. The number of hydrogen-bond acceptors (Lipinski definition) is 3. The molecule has 0 saturated carbocycles. The molecule has 1 N–H and O–H groups in total. The summed E-state index contributed by atoms with van der Waals surface area (Å²) >= 11 is 6.39. The minimum atomic E-state index is -4.71. The largest absolute Gasteiger partial charge is 0.573 e. The third-order valence-electron chi connectivity index (χ3n) is 4.76. The number of methoxy groups -OCH3 is 1. The number of benzene rings is 1. The Morgan fingerprint density at radius 3 is 2.54 bits per heavy atom. The van der Waals surface area contributed by atoms with Crippen molar-refractivity contribution in [3.63, 3.8) is 0 Å². The molecule has 2 rings (SSSR count). The lowest BCUT2D eigenvalue weighted by Crippen LogP contribution is -2.44. The molecule has 1 aromatic carbocycles. The van der Waals surface area contributed by atoms with Crippen molar-refractivity contribution in [1.29, 1.82) is 0 Å². The van der Waals surface area contributed by atoms with E-state index in [0.717, 1.165) is 11.3 Å². The summed E-state index contributed by atoms with van der Waals surface area (Å²) in [5.41, 5.74) is 1.66. The van der Waals surface area contributed by atoms with E-state index in [2.05, 4.69) is 16.6 Å². The van der Waals surface area contributed by atoms with E-state index in [4.69, 9.17) is 16.3 Å². The summed E-state index contributed by atoms with van der Waals surface area (Å²) in [5, 5.41) is 3.08.